The minimum Gasteiger partial charge on any atom is -0.324 e. The van der Waals surface area contributed by atoms with Crippen molar-refractivity contribution in [2.24, 2.45) is 7.05 Å². The van der Waals surface area contributed by atoms with Crippen LogP contribution in [0.3, 0.4) is 0 Å². The van der Waals surface area contributed by atoms with E-state index in [-0.39, 0.29) is 11.7 Å². The van der Waals surface area contributed by atoms with Crippen molar-refractivity contribution in [3.8, 4) is 11.4 Å². The molecule has 2 aromatic carbocycles. The van der Waals surface area contributed by atoms with Gasteiger partial charge in [0.1, 0.15) is 0 Å². The number of amides is 1. The second-order valence-corrected chi connectivity index (χ2v) is 7.40. The normalized spacial score (nSPS) is 10.8. The third-order valence-corrected chi connectivity index (χ3v) is 5.18. The van der Waals surface area contributed by atoms with Crippen molar-refractivity contribution in [2.45, 2.75) is 19.0 Å². The van der Waals surface area contributed by atoms with E-state index in [1.807, 2.05) is 55.8 Å². The van der Waals surface area contributed by atoms with Crippen molar-refractivity contribution in [1.82, 2.24) is 14.8 Å². The van der Waals surface area contributed by atoms with Gasteiger partial charge in [0.15, 0.2) is 11.0 Å². The zero-order chi connectivity index (χ0) is 18.7. The Hall–Kier alpha value is -2.31. The molecule has 0 aliphatic rings. The van der Waals surface area contributed by atoms with E-state index < -0.39 is 0 Å². The van der Waals surface area contributed by atoms with Crippen LogP contribution in [0.25, 0.3) is 11.4 Å². The summed E-state index contributed by atoms with van der Waals surface area (Å²) in [5, 5.41) is 12.5. The van der Waals surface area contributed by atoms with Gasteiger partial charge in [0.2, 0.25) is 5.91 Å². The van der Waals surface area contributed by atoms with E-state index in [9.17, 15) is 4.79 Å². The van der Waals surface area contributed by atoms with Gasteiger partial charge < -0.3 is 9.88 Å². The Morgan fingerprint density at radius 1 is 1.15 bits per heavy atom. The molecule has 7 heteroatoms. The number of hydrogen-bond acceptors (Lipinski definition) is 4. The van der Waals surface area contributed by atoms with Crippen LogP contribution in [0, 0.1) is 13.8 Å². The summed E-state index contributed by atoms with van der Waals surface area (Å²) in [4.78, 5) is 12.2. The number of nitrogens with one attached hydrogen (secondary N) is 1. The van der Waals surface area contributed by atoms with Gasteiger partial charge >= 0.3 is 0 Å². The summed E-state index contributed by atoms with van der Waals surface area (Å²) < 4.78 is 1.89. The van der Waals surface area contributed by atoms with Crippen LogP contribution in [0.1, 0.15) is 11.1 Å². The van der Waals surface area contributed by atoms with Crippen LogP contribution in [0.5, 0.6) is 0 Å². The minimum absolute atomic E-state index is 0.138. The molecule has 0 radical (unpaired) electrons. The van der Waals surface area contributed by atoms with Crippen LogP contribution in [0.2, 0.25) is 5.02 Å². The molecule has 3 aromatic rings. The highest BCUT2D eigenvalue weighted by Crippen LogP contribution is 2.25. The van der Waals surface area contributed by atoms with Crippen LogP contribution in [0.4, 0.5) is 5.69 Å². The van der Waals surface area contributed by atoms with Crippen LogP contribution >= 0.6 is 23.4 Å². The molecule has 0 fully saturated rings. The number of carbonyl (C=O) groups excluding carboxylic acids is 1. The van der Waals surface area contributed by atoms with Crippen molar-refractivity contribution in [1.29, 1.82) is 0 Å². The van der Waals surface area contributed by atoms with Crippen LogP contribution in [0.15, 0.2) is 47.6 Å². The van der Waals surface area contributed by atoms with Gasteiger partial charge in [-0.1, -0.05) is 53.2 Å². The summed E-state index contributed by atoms with van der Waals surface area (Å²) >= 11 is 7.49. The van der Waals surface area contributed by atoms with Gasteiger partial charge in [-0.15, -0.1) is 10.2 Å². The van der Waals surface area contributed by atoms with E-state index in [0.29, 0.717) is 15.9 Å². The molecule has 0 spiro atoms. The lowest BCUT2D eigenvalue weighted by molar-refractivity contribution is -0.113. The van der Waals surface area contributed by atoms with E-state index in [1.54, 1.807) is 6.07 Å². The van der Waals surface area contributed by atoms with Gasteiger partial charge in [-0.3, -0.25) is 4.79 Å². The fourth-order valence-electron chi connectivity index (χ4n) is 2.51. The quantitative estimate of drug-likeness (QED) is 0.656. The molecular weight excluding hydrogens is 368 g/mol. The van der Waals surface area contributed by atoms with Crippen LogP contribution in [-0.2, 0) is 11.8 Å². The summed E-state index contributed by atoms with van der Waals surface area (Å²) in [5.74, 6) is 0.864. The zero-order valence-electron chi connectivity index (χ0n) is 14.8. The Labute approximate surface area is 161 Å². The molecule has 1 N–H and O–H groups in total. The van der Waals surface area contributed by atoms with E-state index in [4.69, 9.17) is 11.6 Å². The van der Waals surface area contributed by atoms with Crippen molar-refractivity contribution >= 4 is 35.0 Å². The lowest BCUT2D eigenvalue weighted by Crippen LogP contribution is -2.14. The number of aromatic nitrogens is 3. The standard InChI is InChI=1S/C19H19ClN4OS/c1-12-5-4-6-14(9-12)18-22-23-19(24(18)3)26-11-17(25)21-16-8-7-13(2)10-15(16)20/h4-10H,11H2,1-3H3,(H,21,25). The SMILES string of the molecule is Cc1cccc(-c2nnc(SCC(=O)Nc3ccc(C)cc3Cl)n2C)c1. The van der Waals surface area contributed by atoms with E-state index in [2.05, 4.69) is 21.6 Å². The second-order valence-electron chi connectivity index (χ2n) is 6.05. The summed E-state index contributed by atoms with van der Waals surface area (Å²) in [6.07, 6.45) is 0. The number of hydrogen-bond donors (Lipinski definition) is 1. The number of carbonyl (C=O) groups is 1. The molecule has 5 nitrogen and oxygen atoms in total. The number of anilines is 1. The molecular formula is C19H19ClN4OS. The largest absolute Gasteiger partial charge is 0.324 e. The first-order valence-electron chi connectivity index (χ1n) is 8.09. The van der Waals surface area contributed by atoms with E-state index in [1.165, 1.54) is 11.8 Å². The van der Waals surface area contributed by atoms with Crippen molar-refractivity contribution in [3.05, 3.63) is 58.6 Å². The maximum atomic E-state index is 12.2. The first-order chi connectivity index (χ1) is 12.4. The molecule has 1 amide bonds. The Kier molecular flexibility index (Phi) is 5.64. The average molecular weight is 387 g/mol. The van der Waals surface area contributed by atoms with E-state index >= 15 is 0 Å². The molecule has 0 saturated heterocycles. The first kappa shape index (κ1) is 18.5. The summed E-state index contributed by atoms with van der Waals surface area (Å²) in [7, 11) is 1.90. The number of rotatable bonds is 5. The molecule has 0 aliphatic heterocycles. The Morgan fingerprint density at radius 3 is 2.65 bits per heavy atom. The fraction of sp³-hybridized carbons (Fsp3) is 0.211. The third-order valence-electron chi connectivity index (χ3n) is 3.84. The lowest BCUT2D eigenvalue weighted by atomic mass is 10.1. The Bertz CT molecular complexity index is 954. The van der Waals surface area contributed by atoms with Crippen molar-refractivity contribution in [3.63, 3.8) is 0 Å². The molecule has 1 heterocycles. The molecule has 3 rings (SSSR count). The van der Waals surface area contributed by atoms with Crippen molar-refractivity contribution < 1.29 is 4.79 Å². The smallest absolute Gasteiger partial charge is 0.234 e. The molecule has 0 aliphatic carbocycles. The highest BCUT2D eigenvalue weighted by atomic mass is 35.5. The maximum Gasteiger partial charge on any atom is 0.234 e. The van der Waals surface area contributed by atoms with Gasteiger partial charge in [0.25, 0.3) is 0 Å². The summed E-state index contributed by atoms with van der Waals surface area (Å²) in [6.45, 7) is 3.99. The maximum absolute atomic E-state index is 12.2. The molecule has 0 unspecified atom stereocenters. The highest BCUT2D eigenvalue weighted by Gasteiger charge is 2.13. The fourth-order valence-corrected chi connectivity index (χ4v) is 3.51. The average Bonchev–Trinajstić information content (AvgIpc) is 2.96. The van der Waals surface area contributed by atoms with Crippen molar-refractivity contribution in [2.75, 3.05) is 11.1 Å². The number of halogens is 1. The molecule has 0 saturated carbocycles. The van der Waals surface area contributed by atoms with Crippen LogP contribution < -0.4 is 5.32 Å². The molecule has 26 heavy (non-hydrogen) atoms. The lowest BCUT2D eigenvalue weighted by Gasteiger charge is -2.08. The highest BCUT2D eigenvalue weighted by molar-refractivity contribution is 7.99. The first-order valence-corrected chi connectivity index (χ1v) is 9.45. The van der Waals surface area contributed by atoms with E-state index in [0.717, 1.165) is 22.5 Å². The third kappa shape index (κ3) is 4.26. The topological polar surface area (TPSA) is 59.8 Å². The Balaban J connectivity index is 1.66. The molecule has 1 aromatic heterocycles. The van der Waals surface area contributed by atoms with Crippen LogP contribution in [-0.4, -0.2) is 26.4 Å². The monoisotopic (exact) mass is 386 g/mol. The molecule has 0 atom stereocenters. The minimum atomic E-state index is -0.138. The Morgan fingerprint density at radius 2 is 1.92 bits per heavy atom. The van der Waals surface area contributed by atoms with Gasteiger partial charge in [-0.25, -0.2) is 0 Å². The second kappa shape index (κ2) is 7.93. The molecule has 0 bridgehead atoms. The number of thioether (sulfide) groups is 1. The number of aryl methyl sites for hydroxylation is 2. The predicted octanol–water partition coefficient (Wildman–Crippen LogP) is 4.48. The van der Waals surface area contributed by atoms with Gasteiger partial charge in [0.05, 0.1) is 16.5 Å². The zero-order valence-corrected chi connectivity index (χ0v) is 16.4. The van der Waals surface area contributed by atoms with Gasteiger partial charge in [0, 0.05) is 12.6 Å². The predicted molar refractivity (Wildman–Crippen MR) is 107 cm³/mol. The number of benzene rings is 2. The van der Waals surface area contributed by atoms with Gasteiger partial charge in [-0.2, -0.15) is 0 Å². The van der Waals surface area contributed by atoms with Gasteiger partial charge in [-0.05, 0) is 37.6 Å². The molecule has 134 valence electrons. The summed E-state index contributed by atoms with van der Waals surface area (Å²) in [6, 6.07) is 13.6. The number of nitrogens with zero attached hydrogens (tertiary/aromatic N) is 3. The summed E-state index contributed by atoms with van der Waals surface area (Å²) in [5.41, 5.74) is 3.82.